The number of nitrogens with one attached hydrogen (secondary N) is 2. The molecule has 0 radical (unpaired) electrons. The van der Waals surface area contributed by atoms with Crippen molar-refractivity contribution in [3.63, 3.8) is 0 Å². The van der Waals surface area contributed by atoms with Gasteiger partial charge in [0.1, 0.15) is 0 Å². The third-order valence-corrected chi connectivity index (χ3v) is 3.43. The number of hydrogen-bond donors (Lipinski definition) is 2. The molecule has 2 rings (SSSR count). The van der Waals surface area contributed by atoms with Gasteiger partial charge in [0, 0.05) is 17.8 Å². The van der Waals surface area contributed by atoms with Crippen molar-refractivity contribution in [2.45, 2.75) is 20.3 Å². The van der Waals surface area contributed by atoms with Gasteiger partial charge < -0.3 is 10.6 Å². The summed E-state index contributed by atoms with van der Waals surface area (Å²) in [6, 6.07) is 13.0. The van der Waals surface area contributed by atoms with E-state index >= 15 is 0 Å². The molecule has 0 atom stereocenters. The highest BCUT2D eigenvalue weighted by atomic mass is 35.5. The Bertz CT molecular complexity index is 623. The van der Waals surface area contributed by atoms with Gasteiger partial charge in [-0.2, -0.15) is 0 Å². The van der Waals surface area contributed by atoms with Crippen LogP contribution in [0.2, 0.25) is 5.02 Å². The first-order valence-electron chi connectivity index (χ1n) is 7.01. The standard InChI is InChI=1S/C17H19ClN2O/c1-3-10-19-14-7-5-13(6-8-14)17(21)20-16-11-12(2)4-9-15(16)18/h4-9,11,19H,3,10H2,1-2H3,(H,20,21). The zero-order valence-corrected chi connectivity index (χ0v) is 13.0. The van der Waals surface area contributed by atoms with Crippen molar-refractivity contribution in [1.82, 2.24) is 0 Å². The van der Waals surface area contributed by atoms with E-state index in [2.05, 4.69) is 17.6 Å². The Morgan fingerprint density at radius 3 is 2.52 bits per heavy atom. The largest absolute Gasteiger partial charge is 0.385 e. The lowest BCUT2D eigenvalue weighted by Crippen LogP contribution is -2.12. The highest BCUT2D eigenvalue weighted by Gasteiger charge is 2.08. The van der Waals surface area contributed by atoms with Gasteiger partial charge in [-0.05, 0) is 55.3 Å². The second-order valence-corrected chi connectivity index (χ2v) is 5.35. The summed E-state index contributed by atoms with van der Waals surface area (Å²) in [5, 5.41) is 6.65. The minimum absolute atomic E-state index is 0.162. The summed E-state index contributed by atoms with van der Waals surface area (Å²) in [5.74, 6) is -0.162. The molecule has 0 aliphatic rings. The summed E-state index contributed by atoms with van der Waals surface area (Å²) in [7, 11) is 0. The first kappa shape index (κ1) is 15.4. The van der Waals surface area contributed by atoms with Crippen LogP contribution in [0.5, 0.6) is 0 Å². The van der Waals surface area contributed by atoms with Crippen molar-refractivity contribution in [2.24, 2.45) is 0 Å². The van der Waals surface area contributed by atoms with Gasteiger partial charge in [0.05, 0.1) is 10.7 Å². The smallest absolute Gasteiger partial charge is 0.255 e. The number of carbonyl (C=O) groups is 1. The SMILES string of the molecule is CCCNc1ccc(C(=O)Nc2cc(C)ccc2Cl)cc1. The Morgan fingerprint density at radius 2 is 1.86 bits per heavy atom. The number of hydrogen-bond acceptors (Lipinski definition) is 2. The first-order chi connectivity index (χ1) is 10.1. The van der Waals surface area contributed by atoms with Crippen molar-refractivity contribution >= 4 is 28.9 Å². The molecule has 110 valence electrons. The molecule has 4 heteroatoms. The summed E-state index contributed by atoms with van der Waals surface area (Å²) in [6.45, 7) is 4.99. The molecule has 0 fully saturated rings. The zero-order valence-electron chi connectivity index (χ0n) is 12.2. The Kier molecular flexibility index (Phi) is 5.23. The zero-order chi connectivity index (χ0) is 15.2. The van der Waals surface area contributed by atoms with Crippen molar-refractivity contribution in [2.75, 3.05) is 17.2 Å². The minimum Gasteiger partial charge on any atom is -0.385 e. The van der Waals surface area contributed by atoms with Gasteiger partial charge in [-0.3, -0.25) is 4.79 Å². The Labute approximate surface area is 130 Å². The predicted octanol–water partition coefficient (Wildman–Crippen LogP) is 4.72. The van der Waals surface area contributed by atoms with E-state index in [4.69, 9.17) is 11.6 Å². The van der Waals surface area contributed by atoms with Gasteiger partial charge in [0.15, 0.2) is 0 Å². The van der Waals surface area contributed by atoms with E-state index < -0.39 is 0 Å². The summed E-state index contributed by atoms with van der Waals surface area (Å²) >= 11 is 6.09. The summed E-state index contributed by atoms with van der Waals surface area (Å²) in [6.07, 6.45) is 1.06. The molecule has 0 bridgehead atoms. The highest BCUT2D eigenvalue weighted by molar-refractivity contribution is 6.34. The van der Waals surface area contributed by atoms with Crippen LogP contribution in [-0.2, 0) is 0 Å². The maximum Gasteiger partial charge on any atom is 0.255 e. The molecule has 1 amide bonds. The summed E-state index contributed by atoms with van der Waals surface area (Å²) in [4.78, 5) is 12.2. The molecule has 0 unspecified atom stereocenters. The van der Waals surface area contributed by atoms with Crippen LogP contribution >= 0.6 is 11.6 Å². The molecule has 0 saturated heterocycles. The predicted molar refractivity (Wildman–Crippen MR) is 89.4 cm³/mol. The van der Waals surface area contributed by atoms with Crippen LogP contribution in [0.15, 0.2) is 42.5 Å². The van der Waals surface area contributed by atoms with Crippen LogP contribution in [0.1, 0.15) is 29.3 Å². The van der Waals surface area contributed by atoms with Gasteiger partial charge in [0.25, 0.3) is 5.91 Å². The maximum absolute atomic E-state index is 12.2. The maximum atomic E-state index is 12.2. The molecule has 0 heterocycles. The normalized spacial score (nSPS) is 10.2. The third-order valence-electron chi connectivity index (χ3n) is 3.10. The van der Waals surface area contributed by atoms with Gasteiger partial charge in [-0.15, -0.1) is 0 Å². The fraction of sp³-hybridized carbons (Fsp3) is 0.235. The fourth-order valence-corrected chi connectivity index (χ4v) is 2.10. The summed E-state index contributed by atoms with van der Waals surface area (Å²) in [5.41, 5.74) is 3.31. The third kappa shape index (κ3) is 4.23. The van der Waals surface area contributed by atoms with E-state index in [9.17, 15) is 4.79 Å². The number of halogens is 1. The molecule has 0 aliphatic heterocycles. The molecule has 2 N–H and O–H groups in total. The van der Waals surface area contributed by atoms with E-state index in [1.165, 1.54) is 0 Å². The van der Waals surface area contributed by atoms with Crippen molar-refractivity contribution in [3.05, 3.63) is 58.6 Å². The van der Waals surface area contributed by atoms with E-state index in [1.807, 2.05) is 31.2 Å². The number of amides is 1. The van der Waals surface area contributed by atoms with E-state index in [0.717, 1.165) is 24.2 Å². The van der Waals surface area contributed by atoms with Crippen molar-refractivity contribution in [1.29, 1.82) is 0 Å². The van der Waals surface area contributed by atoms with Crippen LogP contribution in [0, 0.1) is 6.92 Å². The average Bonchev–Trinajstić information content (AvgIpc) is 2.49. The van der Waals surface area contributed by atoms with Crippen LogP contribution in [0.3, 0.4) is 0 Å². The Hall–Kier alpha value is -2.00. The van der Waals surface area contributed by atoms with Crippen LogP contribution in [0.4, 0.5) is 11.4 Å². The molecule has 21 heavy (non-hydrogen) atoms. The Morgan fingerprint density at radius 1 is 1.14 bits per heavy atom. The first-order valence-corrected chi connectivity index (χ1v) is 7.39. The number of carbonyl (C=O) groups excluding carboxylic acids is 1. The molecule has 2 aromatic carbocycles. The molecule has 0 aliphatic carbocycles. The number of rotatable bonds is 5. The lowest BCUT2D eigenvalue weighted by molar-refractivity contribution is 0.102. The second-order valence-electron chi connectivity index (χ2n) is 4.94. The monoisotopic (exact) mass is 302 g/mol. The molecule has 3 nitrogen and oxygen atoms in total. The Balaban J connectivity index is 2.07. The lowest BCUT2D eigenvalue weighted by Gasteiger charge is -2.09. The molecule has 2 aromatic rings. The van der Waals surface area contributed by atoms with E-state index in [0.29, 0.717) is 16.3 Å². The van der Waals surface area contributed by atoms with Crippen LogP contribution in [-0.4, -0.2) is 12.5 Å². The number of anilines is 2. The number of aryl methyl sites for hydroxylation is 1. The molecular weight excluding hydrogens is 284 g/mol. The molecular formula is C17H19ClN2O. The topological polar surface area (TPSA) is 41.1 Å². The number of benzene rings is 2. The lowest BCUT2D eigenvalue weighted by atomic mass is 10.1. The van der Waals surface area contributed by atoms with Gasteiger partial charge in [-0.25, -0.2) is 0 Å². The highest BCUT2D eigenvalue weighted by Crippen LogP contribution is 2.23. The van der Waals surface area contributed by atoms with Gasteiger partial charge >= 0.3 is 0 Å². The summed E-state index contributed by atoms with van der Waals surface area (Å²) < 4.78 is 0. The molecule has 0 aromatic heterocycles. The molecule has 0 saturated carbocycles. The quantitative estimate of drug-likeness (QED) is 0.839. The van der Waals surface area contributed by atoms with Gasteiger partial charge in [-0.1, -0.05) is 24.6 Å². The average molecular weight is 303 g/mol. The minimum atomic E-state index is -0.162. The van der Waals surface area contributed by atoms with E-state index in [-0.39, 0.29) is 5.91 Å². The van der Waals surface area contributed by atoms with Crippen LogP contribution in [0.25, 0.3) is 0 Å². The van der Waals surface area contributed by atoms with Crippen LogP contribution < -0.4 is 10.6 Å². The fourth-order valence-electron chi connectivity index (χ4n) is 1.94. The van der Waals surface area contributed by atoms with E-state index in [1.54, 1.807) is 18.2 Å². The molecule has 0 spiro atoms. The van der Waals surface area contributed by atoms with Crippen molar-refractivity contribution in [3.8, 4) is 0 Å². The van der Waals surface area contributed by atoms with Crippen molar-refractivity contribution < 1.29 is 4.79 Å². The van der Waals surface area contributed by atoms with Gasteiger partial charge in [0.2, 0.25) is 0 Å². The second kappa shape index (κ2) is 7.14.